The summed E-state index contributed by atoms with van der Waals surface area (Å²) in [4.78, 5) is 2.74. The van der Waals surface area contributed by atoms with Gasteiger partial charge in [-0.05, 0) is 62.6 Å². The van der Waals surface area contributed by atoms with Gasteiger partial charge in [-0.3, -0.25) is 4.90 Å². The number of furan rings is 1. The minimum Gasteiger partial charge on any atom is -0.496 e. The van der Waals surface area contributed by atoms with Gasteiger partial charge in [-0.1, -0.05) is 20.3 Å². The van der Waals surface area contributed by atoms with E-state index in [4.69, 9.17) is 9.15 Å². The largest absolute Gasteiger partial charge is 0.496 e. The molecule has 0 N–H and O–H groups in total. The van der Waals surface area contributed by atoms with E-state index in [-0.39, 0.29) is 0 Å². The molecule has 1 aromatic heterocycles. The summed E-state index contributed by atoms with van der Waals surface area (Å²) in [5.74, 6) is 4.31. The number of rotatable bonds is 2. The fourth-order valence-electron chi connectivity index (χ4n) is 5.50. The Balaban J connectivity index is 1.76. The molecule has 1 aromatic carbocycles. The maximum absolute atomic E-state index is 6.43. The highest BCUT2D eigenvalue weighted by Gasteiger charge is 2.35. The van der Waals surface area contributed by atoms with Crippen molar-refractivity contribution in [1.29, 1.82) is 0 Å². The van der Waals surface area contributed by atoms with Crippen LogP contribution in [-0.2, 0) is 6.42 Å². The molecule has 0 amide bonds. The molecule has 5 atom stereocenters. The lowest BCUT2D eigenvalue weighted by Gasteiger charge is -2.43. The normalized spacial score (nSPS) is 31.8. The highest BCUT2D eigenvalue weighted by atomic mass is 16.5. The lowest BCUT2D eigenvalue weighted by Crippen LogP contribution is -2.47. The van der Waals surface area contributed by atoms with Crippen LogP contribution in [-0.4, -0.2) is 31.1 Å². The molecule has 5 unspecified atom stereocenters. The van der Waals surface area contributed by atoms with Crippen LogP contribution >= 0.6 is 0 Å². The number of aryl methyl sites for hydroxylation is 1. The summed E-state index contributed by atoms with van der Waals surface area (Å²) >= 11 is 0. The van der Waals surface area contributed by atoms with Crippen LogP contribution in [0.15, 0.2) is 16.5 Å². The zero-order chi connectivity index (χ0) is 18.4. The SMILES string of the molecule is CCC1CC2CC(C)c3oc4cc(C)c(OC)cc4c3CCN(C2)C1C. The van der Waals surface area contributed by atoms with Gasteiger partial charge in [0.1, 0.15) is 17.1 Å². The van der Waals surface area contributed by atoms with Gasteiger partial charge in [-0.15, -0.1) is 0 Å². The van der Waals surface area contributed by atoms with Crippen molar-refractivity contribution in [2.24, 2.45) is 11.8 Å². The third-order valence-electron chi connectivity index (χ3n) is 7.03. The second-order valence-corrected chi connectivity index (χ2v) is 8.66. The first-order valence-corrected chi connectivity index (χ1v) is 10.4. The molecule has 2 aromatic rings. The van der Waals surface area contributed by atoms with Gasteiger partial charge in [0.15, 0.2) is 0 Å². The molecular weight excluding hydrogens is 322 g/mol. The molecule has 2 aliphatic rings. The highest BCUT2D eigenvalue weighted by Crippen LogP contribution is 2.41. The number of hydrogen-bond acceptors (Lipinski definition) is 3. The molecule has 0 aliphatic carbocycles. The van der Waals surface area contributed by atoms with Crippen LogP contribution in [0.2, 0.25) is 0 Å². The molecule has 0 radical (unpaired) electrons. The fraction of sp³-hybridized carbons (Fsp3) is 0.652. The standard InChI is InChI=1S/C23H33NO2/c1-6-18-11-17-9-15(3)23-19(7-8-24(13-17)16(18)4)20-12-21(25-5)14(2)10-22(20)26-23/h10,12,15-18H,6-9,11,13H2,1-5H3. The highest BCUT2D eigenvalue weighted by molar-refractivity contribution is 5.85. The van der Waals surface area contributed by atoms with Crippen molar-refractivity contribution in [2.75, 3.05) is 20.2 Å². The van der Waals surface area contributed by atoms with Crippen LogP contribution in [0.5, 0.6) is 5.75 Å². The number of hydrogen-bond donors (Lipinski definition) is 0. The predicted molar refractivity (Wildman–Crippen MR) is 107 cm³/mol. The Morgan fingerprint density at radius 2 is 2.04 bits per heavy atom. The molecule has 3 heterocycles. The third kappa shape index (κ3) is 2.94. The van der Waals surface area contributed by atoms with Crippen LogP contribution in [0, 0.1) is 18.8 Å². The number of fused-ring (bicyclic) bond motifs is 5. The van der Waals surface area contributed by atoms with E-state index in [1.54, 1.807) is 7.11 Å². The summed E-state index contributed by atoms with van der Waals surface area (Å²) in [6.45, 7) is 11.6. The zero-order valence-corrected chi connectivity index (χ0v) is 17.0. The molecule has 2 aliphatic heterocycles. The van der Waals surface area contributed by atoms with E-state index in [1.165, 1.54) is 42.5 Å². The average molecular weight is 356 g/mol. The number of piperidine rings is 1. The van der Waals surface area contributed by atoms with Crippen LogP contribution < -0.4 is 4.74 Å². The summed E-state index contributed by atoms with van der Waals surface area (Å²) < 4.78 is 12.0. The van der Waals surface area contributed by atoms with E-state index in [1.807, 2.05) is 0 Å². The summed E-state index contributed by atoms with van der Waals surface area (Å²) in [6.07, 6.45) is 4.99. The first-order valence-electron chi connectivity index (χ1n) is 10.4. The van der Waals surface area contributed by atoms with Gasteiger partial charge in [0.2, 0.25) is 0 Å². The van der Waals surface area contributed by atoms with Gasteiger partial charge in [0, 0.05) is 36.0 Å². The van der Waals surface area contributed by atoms with Crippen molar-refractivity contribution in [3.8, 4) is 5.75 Å². The van der Waals surface area contributed by atoms with Crippen LogP contribution in [0.4, 0.5) is 0 Å². The number of nitrogens with zero attached hydrogens (tertiary/aromatic N) is 1. The van der Waals surface area contributed by atoms with Crippen molar-refractivity contribution in [2.45, 2.75) is 65.3 Å². The molecule has 142 valence electrons. The molecule has 0 spiro atoms. The maximum atomic E-state index is 6.43. The van der Waals surface area contributed by atoms with Crippen molar-refractivity contribution in [1.82, 2.24) is 4.90 Å². The first-order chi connectivity index (χ1) is 12.5. The molecule has 2 bridgehead atoms. The van der Waals surface area contributed by atoms with Crippen molar-refractivity contribution >= 4 is 11.0 Å². The molecule has 1 fully saturated rings. The minimum absolute atomic E-state index is 0.486. The molecule has 3 heteroatoms. The summed E-state index contributed by atoms with van der Waals surface area (Å²) in [5, 5.41) is 1.26. The van der Waals surface area contributed by atoms with E-state index in [9.17, 15) is 0 Å². The second-order valence-electron chi connectivity index (χ2n) is 8.66. The van der Waals surface area contributed by atoms with Gasteiger partial charge in [-0.2, -0.15) is 0 Å². The van der Waals surface area contributed by atoms with Crippen molar-refractivity contribution in [3.05, 3.63) is 29.0 Å². The van der Waals surface area contributed by atoms with Gasteiger partial charge < -0.3 is 9.15 Å². The van der Waals surface area contributed by atoms with Crippen LogP contribution in [0.25, 0.3) is 11.0 Å². The van der Waals surface area contributed by atoms with Gasteiger partial charge in [-0.25, -0.2) is 0 Å². The topological polar surface area (TPSA) is 25.6 Å². The van der Waals surface area contributed by atoms with Crippen LogP contribution in [0.3, 0.4) is 0 Å². The Labute approximate surface area is 157 Å². The van der Waals surface area contributed by atoms with E-state index >= 15 is 0 Å². The van der Waals surface area contributed by atoms with Crippen molar-refractivity contribution < 1.29 is 9.15 Å². The Bertz CT molecular complexity index is 793. The van der Waals surface area contributed by atoms with E-state index in [0.717, 1.165) is 41.7 Å². The minimum atomic E-state index is 0.486. The molecule has 3 nitrogen and oxygen atoms in total. The lowest BCUT2D eigenvalue weighted by atomic mass is 9.79. The van der Waals surface area contributed by atoms with Gasteiger partial charge in [0.25, 0.3) is 0 Å². The molecule has 0 saturated carbocycles. The van der Waals surface area contributed by atoms with Gasteiger partial charge >= 0.3 is 0 Å². The van der Waals surface area contributed by atoms with E-state index in [0.29, 0.717) is 12.0 Å². The molecular formula is C23H33NO2. The van der Waals surface area contributed by atoms with Crippen molar-refractivity contribution in [3.63, 3.8) is 0 Å². The second kappa shape index (κ2) is 6.92. The lowest BCUT2D eigenvalue weighted by molar-refractivity contribution is 0.0603. The quantitative estimate of drug-likeness (QED) is 0.707. The number of benzene rings is 1. The fourth-order valence-corrected chi connectivity index (χ4v) is 5.50. The summed E-state index contributed by atoms with van der Waals surface area (Å²) in [6, 6.07) is 5.04. The Morgan fingerprint density at radius 1 is 1.23 bits per heavy atom. The number of ether oxygens (including phenoxy) is 1. The predicted octanol–water partition coefficient (Wildman–Crippen LogP) is 5.54. The molecule has 26 heavy (non-hydrogen) atoms. The summed E-state index contributed by atoms with van der Waals surface area (Å²) in [7, 11) is 1.76. The zero-order valence-electron chi connectivity index (χ0n) is 17.0. The first kappa shape index (κ1) is 17.9. The maximum Gasteiger partial charge on any atom is 0.135 e. The molecule has 4 rings (SSSR count). The third-order valence-corrected chi connectivity index (χ3v) is 7.03. The van der Waals surface area contributed by atoms with E-state index < -0.39 is 0 Å². The molecule has 1 saturated heterocycles. The van der Waals surface area contributed by atoms with E-state index in [2.05, 4.69) is 44.7 Å². The average Bonchev–Trinajstić information content (AvgIpc) is 2.99. The Morgan fingerprint density at radius 3 is 2.77 bits per heavy atom. The Hall–Kier alpha value is -1.48. The monoisotopic (exact) mass is 355 g/mol. The van der Waals surface area contributed by atoms with Gasteiger partial charge in [0.05, 0.1) is 7.11 Å². The Kier molecular flexibility index (Phi) is 4.77. The smallest absolute Gasteiger partial charge is 0.135 e. The van der Waals surface area contributed by atoms with Crippen LogP contribution in [0.1, 0.15) is 62.8 Å². The number of methoxy groups -OCH3 is 1. The summed E-state index contributed by atoms with van der Waals surface area (Å²) in [5.41, 5.74) is 3.59.